The van der Waals surface area contributed by atoms with E-state index in [0.717, 1.165) is 18.5 Å². The predicted molar refractivity (Wildman–Crippen MR) is 103 cm³/mol. The summed E-state index contributed by atoms with van der Waals surface area (Å²) in [6.07, 6.45) is 9.93. The molecule has 2 N–H and O–H groups in total. The first-order chi connectivity index (χ1) is 12.5. The van der Waals surface area contributed by atoms with Crippen LogP contribution in [0.3, 0.4) is 0 Å². The second kappa shape index (κ2) is 8.68. The van der Waals surface area contributed by atoms with Crippen molar-refractivity contribution in [3.8, 4) is 5.88 Å². The number of nitrogens with one attached hydrogen (secondary N) is 2. The molecule has 7 nitrogen and oxygen atoms in total. The summed E-state index contributed by atoms with van der Waals surface area (Å²) in [5.41, 5.74) is 0.831. The molecule has 0 saturated heterocycles. The molecule has 142 valence electrons. The Hall–Kier alpha value is -1.86. The zero-order chi connectivity index (χ0) is 18.5. The van der Waals surface area contributed by atoms with Gasteiger partial charge in [-0.15, -0.1) is 0 Å². The number of anilines is 2. The van der Waals surface area contributed by atoms with Crippen LogP contribution in [0.4, 0.5) is 11.6 Å². The standard InChI is InChI=1S/C18H27ClN6O/c1-12(2)25-10-15(8-22-25)23-18-21-9-16(19)17(24-18)26-11-13-4-6-14(20-3)7-5-13/h8-10,12-14,20H,4-7,11H2,1-3H3,(H,21,23,24)/t13-,14-. The van der Waals surface area contributed by atoms with Crippen molar-refractivity contribution in [3.63, 3.8) is 0 Å². The molecular formula is C18H27ClN6O. The van der Waals surface area contributed by atoms with Crippen molar-refractivity contribution in [1.82, 2.24) is 25.1 Å². The van der Waals surface area contributed by atoms with Gasteiger partial charge in [-0.2, -0.15) is 10.1 Å². The molecule has 0 aliphatic heterocycles. The summed E-state index contributed by atoms with van der Waals surface area (Å²) in [6.45, 7) is 4.79. The molecule has 0 bridgehead atoms. The van der Waals surface area contributed by atoms with Gasteiger partial charge in [0.05, 0.1) is 24.7 Å². The minimum Gasteiger partial charge on any atom is -0.476 e. The van der Waals surface area contributed by atoms with E-state index >= 15 is 0 Å². The molecule has 0 radical (unpaired) electrons. The van der Waals surface area contributed by atoms with E-state index in [1.165, 1.54) is 12.8 Å². The van der Waals surface area contributed by atoms with E-state index in [4.69, 9.17) is 16.3 Å². The highest BCUT2D eigenvalue weighted by atomic mass is 35.5. The van der Waals surface area contributed by atoms with E-state index in [1.54, 1.807) is 12.4 Å². The second-order valence-corrected chi connectivity index (χ2v) is 7.50. The summed E-state index contributed by atoms with van der Waals surface area (Å²) in [6, 6.07) is 0.935. The molecule has 0 unspecified atom stereocenters. The molecule has 1 fully saturated rings. The number of nitrogens with zero attached hydrogens (tertiary/aromatic N) is 4. The van der Waals surface area contributed by atoms with Crippen molar-refractivity contribution in [3.05, 3.63) is 23.6 Å². The topological polar surface area (TPSA) is 76.9 Å². The normalized spacial score (nSPS) is 20.3. The zero-order valence-electron chi connectivity index (χ0n) is 15.6. The highest BCUT2D eigenvalue weighted by Gasteiger charge is 2.21. The fraction of sp³-hybridized carbons (Fsp3) is 0.611. The molecule has 3 rings (SSSR count). The smallest absolute Gasteiger partial charge is 0.237 e. The Bertz CT molecular complexity index is 711. The Morgan fingerprint density at radius 1 is 1.27 bits per heavy atom. The molecule has 8 heteroatoms. The summed E-state index contributed by atoms with van der Waals surface area (Å²) in [5, 5.41) is 11.2. The van der Waals surface area contributed by atoms with Crippen molar-refractivity contribution in [2.45, 2.75) is 51.6 Å². The molecule has 0 amide bonds. The first-order valence-electron chi connectivity index (χ1n) is 9.19. The number of aromatic nitrogens is 4. The predicted octanol–water partition coefficient (Wildman–Crippen LogP) is 3.81. The summed E-state index contributed by atoms with van der Waals surface area (Å²) in [5.74, 6) is 1.43. The van der Waals surface area contributed by atoms with Gasteiger partial charge < -0.3 is 15.4 Å². The van der Waals surface area contributed by atoms with E-state index < -0.39 is 0 Å². The number of hydrogen-bond acceptors (Lipinski definition) is 6. The van der Waals surface area contributed by atoms with E-state index in [1.807, 2.05) is 17.9 Å². The van der Waals surface area contributed by atoms with Gasteiger partial charge in [-0.1, -0.05) is 11.6 Å². The molecule has 26 heavy (non-hydrogen) atoms. The SMILES string of the molecule is CN[C@H]1CC[C@H](COc2nc(Nc3cnn(C(C)C)c3)ncc2Cl)CC1. The fourth-order valence-corrected chi connectivity index (χ4v) is 3.29. The van der Waals surface area contributed by atoms with Gasteiger partial charge in [0, 0.05) is 18.3 Å². The summed E-state index contributed by atoms with van der Waals surface area (Å²) >= 11 is 6.20. The highest BCUT2D eigenvalue weighted by Crippen LogP contribution is 2.28. The third kappa shape index (κ3) is 4.86. The fourth-order valence-electron chi connectivity index (χ4n) is 3.14. The lowest BCUT2D eigenvalue weighted by atomic mass is 9.87. The van der Waals surface area contributed by atoms with E-state index in [0.29, 0.717) is 41.5 Å². The van der Waals surface area contributed by atoms with E-state index in [-0.39, 0.29) is 0 Å². The molecule has 0 atom stereocenters. The molecular weight excluding hydrogens is 352 g/mol. The second-order valence-electron chi connectivity index (χ2n) is 7.09. The van der Waals surface area contributed by atoms with Crippen LogP contribution in [-0.4, -0.2) is 39.4 Å². The van der Waals surface area contributed by atoms with E-state index in [9.17, 15) is 0 Å². The lowest BCUT2D eigenvalue weighted by Crippen LogP contribution is -2.31. The lowest BCUT2D eigenvalue weighted by Gasteiger charge is -2.28. The number of halogens is 1. The number of ether oxygens (including phenoxy) is 1. The van der Waals surface area contributed by atoms with Gasteiger partial charge in [-0.25, -0.2) is 4.98 Å². The Kier molecular flexibility index (Phi) is 6.32. The Balaban J connectivity index is 1.58. The molecule has 2 aromatic rings. The minimum absolute atomic E-state index is 0.300. The average Bonchev–Trinajstić information content (AvgIpc) is 3.11. The van der Waals surface area contributed by atoms with Crippen LogP contribution in [0.15, 0.2) is 18.6 Å². The maximum absolute atomic E-state index is 6.20. The Labute approximate surface area is 159 Å². The molecule has 1 saturated carbocycles. The van der Waals surface area contributed by atoms with Crippen LogP contribution in [0.2, 0.25) is 5.02 Å². The maximum atomic E-state index is 6.20. The third-order valence-electron chi connectivity index (χ3n) is 4.81. The van der Waals surface area contributed by atoms with Gasteiger partial charge in [0.15, 0.2) is 0 Å². The maximum Gasteiger partial charge on any atom is 0.237 e. The summed E-state index contributed by atoms with van der Waals surface area (Å²) in [7, 11) is 2.03. The number of hydrogen-bond donors (Lipinski definition) is 2. The highest BCUT2D eigenvalue weighted by molar-refractivity contribution is 6.31. The molecule has 2 heterocycles. The molecule has 2 aromatic heterocycles. The van der Waals surface area contributed by atoms with Crippen LogP contribution in [0, 0.1) is 5.92 Å². The van der Waals surface area contributed by atoms with Crippen LogP contribution in [0.5, 0.6) is 5.88 Å². The largest absolute Gasteiger partial charge is 0.476 e. The minimum atomic E-state index is 0.300. The lowest BCUT2D eigenvalue weighted by molar-refractivity contribution is 0.189. The Morgan fingerprint density at radius 3 is 2.69 bits per heavy atom. The van der Waals surface area contributed by atoms with Crippen molar-refractivity contribution < 1.29 is 4.74 Å². The van der Waals surface area contributed by atoms with Gasteiger partial charge in [0.1, 0.15) is 5.02 Å². The summed E-state index contributed by atoms with van der Waals surface area (Å²) in [4.78, 5) is 8.64. The van der Waals surface area contributed by atoms with Gasteiger partial charge >= 0.3 is 0 Å². The van der Waals surface area contributed by atoms with Crippen LogP contribution < -0.4 is 15.4 Å². The monoisotopic (exact) mass is 378 g/mol. The average molecular weight is 379 g/mol. The van der Waals surface area contributed by atoms with Gasteiger partial charge in [0.25, 0.3) is 0 Å². The van der Waals surface area contributed by atoms with Gasteiger partial charge in [0.2, 0.25) is 11.8 Å². The van der Waals surface area contributed by atoms with Gasteiger partial charge in [-0.05, 0) is 52.5 Å². The third-order valence-corrected chi connectivity index (χ3v) is 5.07. The summed E-state index contributed by atoms with van der Waals surface area (Å²) < 4.78 is 7.77. The molecule has 0 spiro atoms. The first kappa shape index (κ1) is 18.9. The van der Waals surface area contributed by atoms with Crippen LogP contribution in [0.1, 0.15) is 45.6 Å². The van der Waals surface area contributed by atoms with Crippen LogP contribution >= 0.6 is 11.6 Å². The van der Waals surface area contributed by atoms with Crippen molar-refractivity contribution in [1.29, 1.82) is 0 Å². The van der Waals surface area contributed by atoms with E-state index in [2.05, 4.69) is 39.5 Å². The first-order valence-corrected chi connectivity index (χ1v) is 9.56. The van der Waals surface area contributed by atoms with Crippen molar-refractivity contribution in [2.75, 3.05) is 19.0 Å². The molecule has 0 aromatic carbocycles. The zero-order valence-corrected chi connectivity index (χ0v) is 16.3. The molecule has 1 aliphatic rings. The van der Waals surface area contributed by atoms with Crippen molar-refractivity contribution in [2.24, 2.45) is 5.92 Å². The Morgan fingerprint density at radius 2 is 2.04 bits per heavy atom. The number of rotatable bonds is 7. The van der Waals surface area contributed by atoms with Crippen LogP contribution in [0.25, 0.3) is 0 Å². The van der Waals surface area contributed by atoms with Crippen LogP contribution in [-0.2, 0) is 0 Å². The van der Waals surface area contributed by atoms with Crippen molar-refractivity contribution >= 4 is 23.2 Å². The quantitative estimate of drug-likeness (QED) is 0.762. The van der Waals surface area contributed by atoms with Gasteiger partial charge in [-0.3, -0.25) is 4.68 Å². The molecule has 1 aliphatic carbocycles.